The summed E-state index contributed by atoms with van der Waals surface area (Å²) in [6, 6.07) is 13.2. The lowest BCUT2D eigenvalue weighted by Gasteiger charge is -2.16. The number of methoxy groups -OCH3 is 1. The molecule has 2 aromatic rings. The molecule has 2 N–H and O–H groups in total. The second kappa shape index (κ2) is 8.82. The number of hydrogen-bond acceptors (Lipinski definition) is 5. The summed E-state index contributed by atoms with van der Waals surface area (Å²) in [5, 5.41) is 19.0. The van der Waals surface area contributed by atoms with Crippen LogP contribution in [0.3, 0.4) is 0 Å². The van der Waals surface area contributed by atoms with Crippen LogP contribution >= 0.6 is 0 Å². The van der Waals surface area contributed by atoms with Crippen LogP contribution in [0.5, 0.6) is 11.5 Å². The van der Waals surface area contributed by atoms with Crippen molar-refractivity contribution < 1.29 is 29.3 Å². The summed E-state index contributed by atoms with van der Waals surface area (Å²) in [5.41, 5.74) is 1.25. The zero-order valence-electron chi connectivity index (χ0n) is 14.3. The Morgan fingerprint density at radius 1 is 1.08 bits per heavy atom. The fourth-order valence-electron chi connectivity index (χ4n) is 2.31. The van der Waals surface area contributed by atoms with Gasteiger partial charge < -0.3 is 19.7 Å². The van der Waals surface area contributed by atoms with Crippen molar-refractivity contribution in [1.29, 1.82) is 0 Å². The third kappa shape index (κ3) is 4.94. The number of carbonyl (C=O) groups excluding carboxylic acids is 1. The number of aliphatic carboxylic acids is 1. The normalized spacial score (nSPS) is 11.5. The van der Waals surface area contributed by atoms with Gasteiger partial charge in [0.2, 0.25) is 0 Å². The largest absolute Gasteiger partial charge is 0.493 e. The number of hydrogen-bond donors (Lipinski definition) is 2. The molecule has 26 heavy (non-hydrogen) atoms. The van der Waals surface area contributed by atoms with Crippen molar-refractivity contribution in [3.05, 3.63) is 71.8 Å². The highest BCUT2D eigenvalue weighted by Crippen LogP contribution is 2.33. The third-order valence-electron chi connectivity index (χ3n) is 3.76. The van der Waals surface area contributed by atoms with Gasteiger partial charge in [0.1, 0.15) is 0 Å². The van der Waals surface area contributed by atoms with E-state index in [2.05, 4.69) is 6.58 Å². The molecule has 0 aliphatic heterocycles. The number of carboxylic acid groups (broad SMARTS) is 1. The summed E-state index contributed by atoms with van der Waals surface area (Å²) >= 11 is 0. The number of ether oxygens (including phenoxy) is 2. The fraction of sp³-hybridized carbons (Fsp3) is 0.200. The molecule has 6 heteroatoms. The molecule has 2 rings (SSSR count). The first kappa shape index (κ1) is 19.2. The van der Waals surface area contributed by atoms with E-state index in [0.717, 1.165) is 0 Å². The molecular formula is C20H20O6. The van der Waals surface area contributed by atoms with Crippen LogP contribution in [0.1, 0.15) is 34.9 Å². The standard InChI is InChI=1S/C20H20O6/c1-13(8-11-18(21)22)19(23)15-9-10-16(17(12-15)25-2)26-20(24)14-6-4-3-5-7-14/h3-7,9-10,12,19,23H,1,8,11H2,2H3,(H,21,22). The van der Waals surface area contributed by atoms with Gasteiger partial charge in [-0.25, -0.2) is 4.79 Å². The highest BCUT2D eigenvalue weighted by Gasteiger charge is 2.17. The van der Waals surface area contributed by atoms with Crippen LogP contribution in [-0.4, -0.2) is 29.3 Å². The minimum Gasteiger partial charge on any atom is -0.493 e. The Morgan fingerprint density at radius 3 is 2.38 bits per heavy atom. The van der Waals surface area contributed by atoms with Gasteiger partial charge in [0.15, 0.2) is 11.5 Å². The molecule has 0 aliphatic carbocycles. The topological polar surface area (TPSA) is 93.1 Å². The molecule has 0 amide bonds. The molecule has 1 atom stereocenters. The van der Waals surface area contributed by atoms with Crippen molar-refractivity contribution in [3.63, 3.8) is 0 Å². The van der Waals surface area contributed by atoms with Crippen LogP contribution in [0.15, 0.2) is 60.7 Å². The second-order valence-corrected chi connectivity index (χ2v) is 5.62. The van der Waals surface area contributed by atoms with Gasteiger partial charge in [-0.15, -0.1) is 0 Å². The lowest BCUT2D eigenvalue weighted by Crippen LogP contribution is -2.10. The molecule has 0 fully saturated rings. The molecule has 6 nitrogen and oxygen atoms in total. The first-order chi connectivity index (χ1) is 12.4. The Bertz CT molecular complexity index is 797. The Kier molecular flexibility index (Phi) is 6.52. The van der Waals surface area contributed by atoms with Gasteiger partial charge in [-0.1, -0.05) is 30.8 Å². The van der Waals surface area contributed by atoms with Crippen LogP contribution in [0.4, 0.5) is 0 Å². The maximum Gasteiger partial charge on any atom is 0.343 e. The van der Waals surface area contributed by atoms with E-state index in [9.17, 15) is 14.7 Å². The summed E-state index contributed by atoms with van der Waals surface area (Å²) in [7, 11) is 1.42. The monoisotopic (exact) mass is 356 g/mol. The molecule has 0 radical (unpaired) electrons. The Balaban J connectivity index is 2.15. The van der Waals surface area contributed by atoms with E-state index in [-0.39, 0.29) is 24.3 Å². The summed E-state index contributed by atoms with van der Waals surface area (Å²) in [6.07, 6.45) is -0.995. The van der Waals surface area contributed by atoms with Crippen LogP contribution in [0.25, 0.3) is 0 Å². The lowest BCUT2D eigenvalue weighted by molar-refractivity contribution is -0.137. The van der Waals surface area contributed by atoms with E-state index in [1.54, 1.807) is 36.4 Å². The number of rotatable bonds is 8. The quantitative estimate of drug-likeness (QED) is 0.428. The number of aliphatic hydroxyl groups excluding tert-OH is 1. The molecular weight excluding hydrogens is 336 g/mol. The van der Waals surface area contributed by atoms with E-state index >= 15 is 0 Å². The van der Waals surface area contributed by atoms with E-state index < -0.39 is 18.0 Å². The smallest absolute Gasteiger partial charge is 0.343 e. The van der Waals surface area contributed by atoms with E-state index in [1.165, 1.54) is 19.2 Å². The predicted molar refractivity (Wildman–Crippen MR) is 95.4 cm³/mol. The fourth-order valence-corrected chi connectivity index (χ4v) is 2.31. The first-order valence-electron chi connectivity index (χ1n) is 7.95. The van der Waals surface area contributed by atoms with Gasteiger partial charge >= 0.3 is 11.9 Å². The van der Waals surface area contributed by atoms with Crippen LogP contribution in [0.2, 0.25) is 0 Å². The van der Waals surface area contributed by atoms with Crippen LogP contribution in [-0.2, 0) is 4.79 Å². The minimum absolute atomic E-state index is 0.111. The first-order valence-corrected chi connectivity index (χ1v) is 7.95. The SMILES string of the molecule is C=C(CCC(=O)O)C(O)c1ccc(OC(=O)c2ccccc2)c(OC)c1. The number of aliphatic hydroxyl groups is 1. The van der Waals surface area contributed by atoms with Gasteiger partial charge in [-0.05, 0) is 41.8 Å². The van der Waals surface area contributed by atoms with Crippen molar-refractivity contribution in [2.75, 3.05) is 7.11 Å². The van der Waals surface area contributed by atoms with Crippen molar-refractivity contribution in [2.45, 2.75) is 18.9 Å². The van der Waals surface area contributed by atoms with Crippen molar-refractivity contribution >= 4 is 11.9 Å². The number of carboxylic acids is 1. The summed E-state index contributed by atoms with van der Waals surface area (Å²) in [4.78, 5) is 22.8. The third-order valence-corrected chi connectivity index (χ3v) is 3.76. The maximum atomic E-state index is 12.2. The van der Waals surface area contributed by atoms with Gasteiger partial charge in [0, 0.05) is 6.42 Å². The molecule has 0 aromatic heterocycles. The second-order valence-electron chi connectivity index (χ2n) is 5.62. The minimum atomic E-state index is -1.04. The van der Waals surface area contributed by atoms with Gasteiger partial charge in [0.25, 0.3) is 0 Å². The predicted octanol–water partition coefficient (Wildman–Crippen LogP) is 3.37. The Morgan fingerprint density at radius 2 is 1.77 bits per heavy atom. The molecule has 0 saturated carbocycles. The summed E-state index contributed by atoms with van der Waals surface area (Å²) < 4.78 is 10.6. The number of carbonyl (C=O) groups is 2. The summed E-state index contributed by atoms with van der Waals surface area (Å²) in [6.45, 7) is 3.73. The zero-order chi connectivity index (χ0) is 19.1. The zero-order valence-corrected chi connectivity index (χ0v) is 14.3. The number of esters is 1. The molecule has 0 heterocycles. The van der Waals surface area contributed by atoms with E-state index in [1.807, 2.05) is 0 Å². The van der Waals surface area contributed by atoms with Crippen LogP contribution in [0, 0.1) is 0 Å². The maximum absolute atomic E-state index is 12.2. The summed E-state index contributed by atoms with van der Waals surface area (Å²) in [5.74, 6) is -0.993. The average molecular weight is 356 g/mol. The molecule has 136 valence electrons. The molecule has 0 saturated heterocycles. The van der Waals surface area contributed by atoms with Crippen molar-refractivity contribution in [1.82, 2.24) is 0 Å². The highest BCUT2D eigenvalue weighted by atomic mass is 16.6. The van der Waals surface area contributed by atoms with E-state index in [4.69, 9.17) is 14.6 Å². The van der Waals surface area contributed by atoms with Crippen molar-refractivity contribution in [3.8, 4) is 11.5 Å². The Hall–Kier alpha value is -3.12. The average Bonchev–Trinajstić information content (AvgIpc) is 2.66. The Labute approximate surface area is 151 Å². The van der Waals surface area contributed by atoms with Crippen molar-refractivity contribution in [2.24, 2.45) is 0 Å². The van der Waals surface area contributed by atoms with Crippen LogP contribution < -0.4 is 9.47 Å². The van der Waals surface area contributed by atoms with Gasteiger partial charge in [0.05, 0.1) is 18.8 Å². The molecule has 0 bridgehead atoms. The van der Waals surface area contributed by atoms with Gasteiger partial charge in [-0.2, -0.15) is 0 Å². The van der Waals surface area contributed by atoms with E-state index in [0.29, 0.717) is 16.7 Å². The number of benzene rings is 2. The molecule has 2 aromatic carbocycles. The highest BCUT2D eigenvalue weighted by molar-refractivity contribution is 5.91. The molecule has 1 unspecified atom stereocenters. The molecule has 0 spiro atoms. The molecule has 0 aliphatic rings. The van der Waals surface area contributed by atoms with Gasteiger partial charge in [-0.3, -0.25) is 4.79 Å². The lowest BCUT2D eigenvalue weighted by atomic mass is 9.99.